The fraction of sp³-hybridized carbons (Fsp3) is 0.300. The summed E-state index contributed by atoms with van der Waals surface area (Å²) in [5.41, 5.74) is 2.70. The zero-order valence-electron chi connectivity index (χ0n) is 14.6. The van der Waals surface area contributed by atoms with Gasteiger partial charge in [-0.1, -0.05) is 39.8 Å². The first-order valence-corrected chi connectivity index (χ1v) is 8.11. The summed E-state index contributed by atoms with van der Waals surface area (Å²) in [4.78, 5) is 8.54. The van der Waals surface area contributed by atoms with Crippen molar-refractivity contribution in [3.05, 3.63) is 36.4 Å². The van der Waals surface area contributed by atoms with Crippen molar-refractivity contribution in [3.63, 3.8) is 0 Å². The van der Waals surface area contributed by atoms with E-state index in [1.54, 1.807) is 36.7 Å². The van der Waals surface area contributed by atoms with Gasteiger partial charge < -0.3 is 10.2 Å². The molecule has 0 amide bonds. The van der Waals surface area contributed by atoms with Crippen LogP contribution in [-0.2, 0) is 0 Å². The van der Waals surface area contributed by atoms with Crippen molar-refractivity contribution in [2.24, 2.45) is 21.8 Å². The van der Waals surface area contributed by atoms with E-state index >= 15 is 0 Å². The number of hydrogen-bond donors (Lipinski definition) is 2. The van der Waals surface area contributed by atoms with Crippen LogP contribution in [0.2, 0.25) is 0 Å². The molecule has 4 nitrogen and oxygen atoms in total. The molecule has 0 saturated carbocycles. The molecule has 0 spiro atoms. The second-order valence-corrected chi connectivity index (χ2v) is 6.45. The van der Waals surface area contributed by atoms with Crippen molar-refractivity contribution < 1.29 is 10.2 Å². The lowest BCUT2D eigenvalue weighted by atomic mass is 10.0. The van der Waals surface area contributed by atoms with E-state index in [9.17, 15) is 10.2 Å². The zero-order valence-corrected chi connectivity index (χ0v) is 14.6. The summed E-state index contributed by atoms with van der Waals surface area (Å²) in [6, 6.07) is 10.6. The van der Waals surface area contributed by atoms with Crippen LogP contribution >= 0.6 is 0 Å². The van der Waals surface area contributed by atoms with Crippen LogP contribution in [0.4, 0.5) is 11.4 Å². The van der Waals surface area contributed by atoms with Crippen LogP contribution in [-0.4, -0.2) is 22.6 Å². The van der Waals surface area contributed by atoms with Gasteiger partial charge in [0, 0.05) is 12.4 Å². The lowest BCUT2D eigenvalue weighted by molar-refractivity contribution is 0.476. The Morgan fingerprint density at radius 3 is 1.38 bits per heavy atom. The van der Waals surface area contributed by atoms with Crippen molar-refractivity contribution in [3.8, 4) is 22.6 Å². The predicted octanol–water partition coefficient (Wildman–Crippen LogP) is 5.48. The summed E-state index contributed by atoms with van der Waals surface area (Å²) in [5.74, 6) is 0.872. The van der Waals surface area contributed by atoms with Gasteiger partial charge in [-0.3, -0.25) is 9.98 Å². The number of hydrogen-bond acceptors (Lipinski definition) is 4. The van der Waals surface area contributed by atoms with Crippen LogP contribution in [0.15, 0.2) is 46.4 Å². The van der Waals surface area contributed by atoms with E-state index in [-0.39, 0.29) is 11.5 Å². The Bertz CT molecular complexity index is 697. The molecule has 0 saturated heterocycles. The molecule has 0 aliphatic carbocycles. The lowest BCUT2D eigenvalue weighted by Crippen LogP contribution is -1.86. The molecular weight excluding hydrogens is 300 g/mol. The highest BCUT2D eigenvalue weighted by Gasteiger charge is 2.07. The molecule has 2 aromatic carbocycles. The third-order valence-electron chi connectivity index (χ3n) is 3.31. The van der Waals surface area contributed by atoms with Crippen molar-refractivity contribution in [1.29, 1.82) is 0 Å². The zero-order chi connectivity index (χ0) is 17.7. The average molecular weight is 324 g/mol. The fourth-order valence-corrected chi connectivity index (χ4v) is 2.08. The van der Waals surface area contributed by atoms with Crippen LogP contribution in [0.1, 0.15) is 27.7 Å². The third-order valence-corrected chi connectivity index (χ3v) is 3.31. The summed E-state index contributed by atoms with van der Waals surface area (Å²) in [5, 5.41) is 20.3. The molecule has 0 atom stereocenters. The molecule has 2 rings (SSSR count). The van der Waals surface area contributed by atoms with Crippen LogP contribution in [0.3, 0.4) is 0 Å². The van der Waals surface area contributed by atoms with Gasteiger partial charge in [-0.2, -0.15) is 0 Å². The number of nitrogens with zero attached hydrogens (tertiary/aromatic N) is 2. The van der Waals surface area contributed by atoms with Gasteiger partial charge in [-0.15, -0.1) is 0 Å². The number of phenolic OH excluding ortho intramolecular Hbond substituents is 2. The van der Waals surface area contributed by atoms with Gasteiger partial charge in [0.1, 0.15) is 22.9 Å². The molecule has 0 aliphatic heterocycles. The minimum absolute atomic E-state index is 0.116. The number of phenols is 2. The van der Waals surface area contributed by atoms with Crippen LogP contribution in [0.25, 0.3) is 11.1 Å². The summed E-state index contributed by atoms with van der Waals surface area (Å²) in [7, 11) is 0. The smallest absolute Gasteiger partial charge is 0.141 e. The van der Waals surface area contributed by atoms with Crippen LogP contribution in [0, 0.1) is 11.8 Å². The SMILES string of the molecule is CC(C)C=Nc1ccc(-c2ccc(N=CC(C)C)c(O)c2)cc1O. The maximum Gasteiger partial charge on any atom is 0.141 e. The summed E-state index contributed by atoms with van der Waals surface area (Å²) in [6.45, 7) is 8.12. The van der Waals surface area contributed by atoms with Crippen molar-refractivity contribution in [1.82, 2.24) is 0 Å². The van der Waals surface area contributed by atoms with Gasteiger partial charge in [0.25, 0.3) is 0 Å². The summed E-state index contributed by atoms with van der Waals surface area (Å²) in [6.07, 6.45) is 3.59. The van der Waals surface area contributed by atoms with E-state index in [4.69, 9.17) is 0 Å². The molecule has 24 heavy (non-hydrogen) atoms. The highest BCUT2D eigenvalue weighted by atomic mass is 16.3. The fourth-order valence-electron chi connectivity index (χ4n) is 2.08. The second kappa shape index (κ2) is 7.77. The van der Waals surface area contributed by atoms with E-state index in [0.29, 0.717) is 23.2 Å². The molecule has 0 radical (unpaired) electrons. The Morgan fingerprint density at radius 2 is 1.08 bits per heavy atom. The molecule has 4 heteroatoms. The minimum atomic E-state index is 0.116. The van der Waals surface area contributed by atoms with Gasteiger partial charge in [0.05, 0.1) is 0 Å². The van der Waals surface area contributed by atoms with E-state index < -0.39 is 0 Å². The number of aliphatic imine (C=N–C) groups is 2. The molecule has 0 aromatic heterocycles. The molecule has 2 N–H and O–H groups in total. The topological polar surface area (TPSA) is 65.2 Å². The second-order valence-electron chi connectivity index (χ2n) is 6.45. The highest BCUT2D eigenvalue weighted by Crippen LogP contribution is 2.35. The van der Waals surface area contributed by atoms with Crippen molar-refractivity contribution in [2.45, 2.75) is 27.7 Å². The molecule has 0 unspecified atom stereocenters. The minimum Gasteiger partial charge on any atom is -0.506 e. The largest absolute Gasteiger partial charge is 0.506 e. The van der Waals surface area contributed by atoms with E-state index in [0.717, 1.165) is 11.1 Å². The molecule has 0 fully saturated rings. The highest BCUT2D eigenvalue weighted by molar-refractivity contribution is 5.76. The molecule has 0 bridgehead atoms. The Kier molecular flexibility index (Phi) is 5.74. The van der Waals surface area contributed by atoms with Gasteiger partial charge in [0.2, 0.25) is 0 Å². The first kappa shape index (κ1) is 17.7. The number of benzene rings is 2. The van der Waals surface area contributed by atoms with Crippen molar-refractivity contribution >= 4 is 23.8 Å². The van der Waals surface area contributed by atoms with Gasteiger partial charge in [-0.05, 0) is 47.2 Å². The Labute approximate surface area is 143 Å². The normalized spacial score (nSPS) is 12.1. The van der Waals surface area contributed by atoms with E-state index in [1.807, 2.05) is 39.8 Å². The first-order chi connectivity index (χ1) is 11.4. The Balaban J connectivity index is 2.29. The van der Waals surface area contributed by atoms with Gasteiger partial charge >= 0.3 is 0 Å². The molecule has 0 aliphatic rings. The maximum absolute atomic E-state index is 10.1. The molecule has 0 heterocycles. The van der Waals surface area contributed by atoms with E-state index in [2.05, 4.69) is 9.98 Å². The third kappa shape index (κ3) is 4.69. The Morgan fingerprint density at radius 1 is 0.708 bits per heavy atom. The quantitative estimate of drug-likeness (QED) is 0.715. The number of rotatable bonds is 5. The van der Waals surface area contributed by atoms with Gasteiger partial charge in [-0.25, -0.2) is 0 Å². The lowest BCUT2D eigenvalue weighted by Gasteiger charge is -2.07. The first-order valence-electron chi connectivity index (χ1n) is 8.11. The van der Waals surface area contributed by atoms with Crippen molar-refractivity contribution in [2.75, 3.05) is 0 Å². The monoisotopic (exact) mass is 324 g/mol. The standard InChI is InChI=1S/C20H24N2O2/c1-13(2)11-21-17-7-5-15(9-19(17)23)16-6-8-18(20(24)10-16)22-12-14(3)4/h5-14,23-24H,1-4H3. The molecular formula is C20H24N2O2. The van der Waals surface area contributed by atoms with Crippen LogP contribution < -0.4 is 0 Å². The summed E-state index contributed by atoms with van der Waals surface area (Å²) < 4.78 is 0. The van der Waals surface area contributed by atoms with Crippen LogP contribution in [0.5, 0.6) is 11.5 Å². The number of aromatic hydroxyl groups is 2. The molecule has 2 aromatic rings. The average Bonchev–Trinajstić information content (AvgIpc) is 2.52. The van der Waals surface area contributed by atoms with Gasteiger partial charge in [0.15, 0.2) is 0 Å². The van der Waals surface area contributed by atoms with E-state index in [1.165, 1.54) is 0 Å². The summed E-state index contributed by atoms with van der Waals surface area (Å²) >= 11 is 0. The Hall–Kier alpha value is -2.62. The maximum atomic E-state index is 10.1. The predicted molar refractivity (Wildman–Crippen MR) is 101 cm³/mol. The molecule has 126 valence electrons.